The number of nitrogens with one attached hydrogen (secondary N) is 1. The van der Waals surface area contributed by atoms with E-state index in [4.69, 9.17) is 9.84 Å². The molecule has 13 heteroatoms. The Labute approximate surface area is 237 Å². The third-order valence-electron chi connectivity index (χ3n) is 6.94. The average molecular weight is 582 g/mol. The number of aromatic nitrogens is 2. The summed E-state index contributed by atoms with van der Waals surface area (Å²) in [6.07, 6.45) is -4.12. The molecule has 0 aliphatic carbocycles. The standard InChI is InChI=1S/C29H26F3N5O5/c1-2-37-23-9-8-22(15-19(23)16-24(37)27(39)35-11-13-36(14-12-35)28(40)41)42-25-10-7-21(17-33-25)34-26(38)18-3-5-20(6-4-18)29(30,31)32/h3-10,15-17H,2,11-14H2,1H3,(H,34,38)(H,40,41). The summed E-state index contributed by atoms with van der Waals surface area (Å²) in [7, 11) is 0. The molecule has 0 saturated carbocycles. The first kappa shape index (κ1) is 28.5. The number of carboxylic acid groups (broad SMARTS) is 1. The topological polar surface area (TPSA) is 117 Å². The second-order valence-corrected chi connectivity index (χ2v) is 9.57. The van der Waals surface area contributed by atoms with Crippen LogP contribution in [0.2, 0.25) is 0 Å². The van der Waals surface area contributed by atoms with Gasteiger partial charge in [0.15, 0.2) is 0 Å². The quantitative estimate of drug-likeness (QED) is 0.308. The first-order valence-electron chi connectivity index (χ1n) is 13.1. The van der Waals surface area contributed by atoms with E-state index in [0.29, 0.717) is 36.8 Å². The van der Waals surface area contributed by atoms with Gasteiger partial charge < -0.3 is 29.5 Å². The first-order valence-corrected chi connectivity index (χ1v) is 13.1. The number of amides is 3. The molecule has 10 nitrogen and oxygen atoms in total. The first-order chi connectivity index (χ1) is 20.0. The van der Waals surface area contributed by atoms with Crippen molar-refractivity contribution in [2.75, 3.05) is 31.5 Å². The second kappa shape index (κ2) is 11.4. The molecule has 0 spiro atoms. The highest BCUT2D eigenvalue weighted by Gasteiger charge is 2.30. The molecule has 2 aromatic carbocycles. The van der Waals surface area contributed by atoms with E-state index < -0.39 is 23.7 Å². The maximum absolute atomic E-state index is 13.3. The zero-order chi connectivity index (χ0) is 30.0. The summed E-state index contributed by atoms with van der Waals surface area (Å²) in [6, 6.07) is 14.1. The largest absolute Gasteiger partial charge is 0.465 e. The lowest BCUT2D eigenvalue weighted by Gasteiger charge is -2.33. The van der Waals surface area contributed by atoms with E-state index in [1.54, 1.807) is 29.2 Å². The molecular weight excluding hydrogens is 555 g/mol. The summed E-state index contributed by atoms with van der Waals surface area (Å²) in [5, 5.41) is 12.5. The highest BCUT2D eigenvalue weighted by molar-refractivity contribution is 6.04. The smallest absolute Gasteiger partial charge is 0.416 e. The predicted molar refractivity (Wildman–Crippen MR) is 147 cm³/mol. The summed E-state index contributed by atoms with van der Waals surface area (Å²) < 4.78 is 46.0. The Morgan fingerprint density at radius 2 is 1.64 bits per heavy atom. The molecule has 0 radical (unpaired) electrons. The van der Waals surface area contributed by atoms with Gasteiger partial charge in [-0.3, -0.25) is 9.59 Å². The Morgan fingerprint density at radius 1 is 0.952 bits per heavy atom. The number of hydrogen-bond acceptors (Lipinski definition) is 5. The Morgan fingerprint density at radius 3 is 2.24 bits per heavy atom. The van der Waals surface area contributed by atoms with E-state index in [9.17, 15) is 27.6 Å². The van der Waals surface area contributed by atoms with E-state index in [2.05, 4.69) is 10.3 Å². The minimum atomic E-state index is -4.49. The zero-order valence-electron chi connectivity index (χ0n) is 22.4. The molecule has 42 heavy (non-hydrogen) atoms. The van der Waals surface area contributed by atoms with Crippen molar-refractivity contribution in [2.24, 2.45) is 0 Å². The molecule has 1 aliphatic rings. The van der Waals surface area contributed by atoms with E-state index in [1.165, 1.54) is 17.2 Å². The number of anilines is 1. The van der Waals surface area contributed by atoms with Crippen LogP contribution in [0.3, 0.4) is 0 Å². The van der Waals surface area contributed by atoms with Crippen molar-refractivity contribution in [1.29, 1.82) is 0 Å². The van der Waals surface area contributed by atoms with Crippen molar-refractivity contribution in [3.8, 4) is 11.6 Å². The molecule has 0 bridgehead atoms. The van der Waals surface area contributed by atoms with Crippen molar-refractivity contribution in [1.82, 2.24) is 19.4 Å². The van der Waals surface area contributed by atoms with Crippen LogP contribution in [-0.2, 0) is 12.7 Å². The Balaban J connectivity index is 1.25. The van der Waals surface area contributed by atoms with E-state index in [1.807, 2.05) is 17.6 Å². The maximum atomic E-state index is 13.3. The fraction of sp³-hybridized carbons (Fsp3) is 0.241. The third kappa shape index (κ3) is 5.99. The maximum Gasteiger partial charge on any atom is 0.416 e. The summed E-state index contributed by atoms with van der Waals surface area (Å²) in [5.74, 6) is -0.0429. The molecule has 3 amide bonds. The lowest BCUT2D eigenvalue weighted by atomic mass is 10.1. The van der Waals surface area contributed by atoms with Gasteiger partial charge in [-0.2, -0.15) is 13.2 Å². The van der Waals surface area contributed by atoms with Gasteiger partial charge >= 0.3 is 12.3 Å². The van der Waals surface area contributed by atoms with E-state index in [0.717, 1.165) is 35.2 Å². The number of piperazine rings is 1. The minimum absolute atomic E-state index is 0.0658. The summed E-state index contributed by atoms with van der Waals surface area (Å²) >= 11 is 0. The van der Waals surface area contributed by atoms with Gasteiger partial charge in [0.25, 0.3) is 11.8 Å². The van der Waals surface area contributed by atoms with Crippen LogP contribution in [0.15, 0.2) is 66.9 Å². The number of aryl methyl sites for hydroxylation is 1. The second-order valence-electron chi connectivity index (χ2n) is 9.57. The van der Waals surface area contributed by atoms with Crippen LogP contribution < -0.4 is 10.1 Å². The fourth-order valence-corrected chi connectivity index (χ4v) is 4.74. The van der Waals surface area contributed by atoms with Crippen LogP contribution in [-0.4, -0.2) is 68.5 Å². The number of halogens is 3. The van der Waals surface area contributed by atoms with Gasteiger partial charge in [-0.15, -0.1) is 0 Å². The highest BCUT2D eigenvalue weighted by atomic mass is 19.4. The highest BCUT2D eigenvalue weighted by Crippen LogP contribution is 2.30. The molecule has 1 fully saturated rings. The van der Waals surface area contributed by atoms with Crippen molar-refractivity contribution in [2.45, 2.75) is 19.6 Å². The van der Waals surface area contributed by atoms with Crippen LogP contribution in [0.4, 0.5) is 23.7 Å². The monoisotopic (exact) mass is 581 g/mol. The molecular formula is C29H26F3N5O5. The number of pyridine rings is 1. The van der Waals surface area contributed by atoms with Crippen molar-refractivity contribution in [3.63, 3.8) is 0 Å². The van der Waals surface area contributed by atoms with Gasteiger partial charge in [0.05, 0.1) is 17.4 Å². The molecule has 0 atom stereocenters. The zero-order valence-corrected chi connectivity index (χ0v) is 22.4. The van der Waals surface area contributed by atoms with Gasteiger partial charge in [0.2, 0.25) is 5.88 Å². The van der Waals surface area contributed by atoms with Crippen LogP contribution >= 0.6 is 0 Å². The Hall–Kier alpha value is -5.07. The molecule has 2 aromatic heterocycles. The van der Waals surface area contributed by atoms with Crippen molar-refractivity contribution >= 4 is 34.5 Å². The van der Waals surface area contributed by atoms with Crippen LogP contribution in [0.25, 0.3) is 10.9 Å². The third-order valence-corrected chi connectivity index (χ3v) is 6.94. The number of hydrogen-bond donors (Lipinski definition) is 2. The number of alkyl halides is 3. The Bertz CT molecular complexity index is 1630. The Kier molecular flexibility index (Phi) is 7.74. The normalized spacial score (nSPS) is 13.7. The summed E-state index contributed by atoms with van der Waals surface area (Å²) in [4.78, 5) is 44.0. The number of fused-ring (bicyclic) bond motifs is 1. The number of carbonyl (C=O) groups excluding carboxylic acids is 2. The molecule has 4 aromatic rings. The fourth-order valence-electron chi connectivity index (χ4n) is 4.74. The lowest BCUT2D eigenvalue weighted by Crippen LogP contribution is -2.50. The molecule has 5 rings (SSSR count). The average Bonchev–Trinajstić information content (AvgIpc) is 3.35. The van der Waals surface area contributed by atoms with Gasteiger partial charge in [-0.1, -0.05) is 0 Å². The van der Waals surface area contributed by atoms with Crippen molar-refractivity contribution < 1.29 is 37.4 Å². The molecule has 1 aliphatic heterocycles. The summed E-state index contributed by atoms with van der Waals surface area (Å²) in [5.41, 5.74) is 0.892. The van der Waals surface area contributed by atoms with Crippen molar-refractivity contribution in [3.05, 3.63) is 83.7 Å². The molecule has 218 valence electrons. The number of benzene rings is 2. The molecule has 1 saturated heterocycles. The predicted octanol–water partition coefficient (Wildman–Crippen LogP) is 5.56. The molecule has 3 heterocycles. The van der Waals surface area contributed by atoms with Crippen LogP contribution in [0, 0.1) is 0 Å². The molecule has 0 unspecified atom stereocenters. The van der Waals surface area contributed by atoms with E-state index >= 15 is 0 Å². The van der Waals surface area contributed by atoms with Crippen LogP contribution in [0.5, 0.6) is 11.6 Å². The number of nitrogens with zero attached hydrogens (tertiary/aromatic N) is 4. The van der Waals surface area contributed by atoms with Crippen LogP contribution in [0.1, 0.15) is 33.3 Å². The van der Waals surface area contributed by atoms with Gasteiger partial charge in [-0.05, 0) is 61.5 Å². The number of rotatable bonds is 6. The SMILES string of the molecule is CCn1c(C(=O)N2CCN(C(=O)O)CC2)cc2cc(Oc3ccc(NC(=O)c4ccc(C(F)(F)F)cc4)cn3)ccc21. The minimum Gasteiger partial charge on any atom is -0.465 e. The summed E-state index contributed by atoms with van der Waals surface area (Å²) in [6.45, 7) is 3.64. The number of ether oxygens (including phenoxy) is 1. The van der Waals surface area contributed by atoms with E-state index in [-0.39, 0.29) is 30.4 Å². The van der Waals surface area contributed by atoms with Gasteiger partial charge in [0, 0.05) is 55.3 Å². The molecule has 2 N–H and O–H groups in total. The number of carbonyl (C=O) groups is 3. The van der Waals surface area contributed by atoms with Gasteiger partial charge in [0.1, 0.15) is 11.4 Å². The lowest BCUT2D eigenvalue weighted by molar-refractivity contribution is -0.137. The van der Waals surface area contributed by atoms with Gasteiger partial charge in [-0.25, -0.2) is 9.78 Å².